The van der Waals surface area contributed by atoms with E-state index >= 15 is 0 Å². The molecule has 5 aliphatic rings. The average molecular weight is 1000 g/mol. The monoisotopic (exact) mass is 1000 g/mol. The largest absolute Gasteiger partial charge is 0.481 e. The normalized spacial score (nSPS) is 32.8. The zero-order valence-electron chi connectivity index (χ0n) is 42.1. The lowest BCUT2D eigenvalue weighted by Crippen LogP contribution is -2.68. The molecule has 2 saturated carbocycles. The lowest BCUT2D eigenvalue weighted by Gasteiger charge is -2.51. The van der Waals surface area contributed by atoms with Crippen molar-refractivity contribution in [2.45, 2.75) is 165 Å². The van der Waals surface area contributed by atoms with Crippen LogP contribution < -0.4 is 5.32 Å². The van der Waals surface area contributed by atoms with Crippen LogP contribution in [0.25, 0.3) is 0 Å². The number of carboxylic acids is 1. The second-order valence-electron chi connectivity index (χ2n) is 20.2. The van der Waals surface area contributed by atoms with E-state index in [0.717, 1.165) is 41.5 Å². The molecule has 73 heavy (non-hydrogen) atoms. The Balaban J connectivity index is 1.03. The summed E-state index contributed by atoms with van der Waals surface area (Å²) < 4.78 is 68.5. The van der Waals surface area contributed by atoms with Gasteiger partial charge in [-0.2, -0.15) is 0 Å². The van der Waals surface area contributed by atoms with Crippen molar-refractivity contribution >= 4 is 11.9 Å². The molecule has 15 atom stereocenters. The molecule has 3 aliphatic heterocycles. The molecule has 3 saturated heterocycles. The molecule has 9 rings (SSSR count). The van der Waals surface area contributed by atoms with Crippen molar-refractivity contribution in [3.05, 3.63) is 156 Å². The fourth-order valence-corrected chi connectivity index (χ4v) is 11.2. The number of benzene rings is 4. The first kappa shape index (κ1) is 53.0. The summed E-state index contributed by atoms with van der Waals surface area (Å²) in [5.41, 5.74) is 3.75. The van der Waals surface area contributed by atoms with Crippen LogP contribution in [0, 0.1) is 17.8 Å². The van der Waals surface area contributed by atoms with Gasteiger partial charge in [-0.25, -0.2) is 0 Å². The summed E-state index contributed by atoms with van der Waals surface area (Å²) in [6.07, 6.45) is -0.428. The number of rotatable bonds is 21. The molecule has 5 fully saturated rings. The van der Waals surface area contributed by atoms with Crippen LogP contribution in [0.3, 0.4) is 0 Å². The number of nitrogens with one attached hydrogen (secondary N) is 1. The molecular weight excluding hydrogens is 931 g/mol. The smallest absolute Gasteiger partial charge is 0.306 e. The Morgan fingerprint density at radius 3 is 1.85 bits per heavy atom. The third-order valence-electron chi connectivity index (χ3n) is 15.0. The molecule has 1 amide bonds. The number of carbonyl (C=O) groups excluding carboxylic acids is 1. The summed E-state index contributed by atoms with van der Waals surface area (Å²) in [6.45, 7) is 8.97. The van der Waals surface area contributed by atoms with Crippen LogP contribution in [0.5, 0.6) is 0 Å². The minimum absolute atomic E-state index is 0.0654. The van der Waals surface area contributed by atoms with E-state index in [-0.39, 0.29) is 38.6 Å². The highest BCUT2D eigenvalue weighted by Gasteiger charge is 2.55. The van der Waals surface area contributed by atoms with Gasteiger partial charge in [0.05, 0.1) is 50.7 Å². The standard InChI is InChI=1S/C59H73NO13/c1-4-44-32-46(56(62)63)33-47(70-58-49(60-39(3)61)53(64-31-30-40-20-10-5-11-21-40)52-48(71-58)37-68-57(73-52)45-28-18-9-19-29-45)51(44)72-59-55(67-36-43-26-16-8-17-27-43)54(66-35-42-24-14-7-15-25-42)50(38(2)69-59)65-34-41-22-12-6-13-23-41/h4,6-9,12-19,22-29,38,40,44,46-55,57-59H,1,5,10-11,20-21,30-37H2,2-3H3,(H,60,61)(H,62,63)/t38-,44?,46?,47+,48-,49?,50-,51+,52-,53?,54?,55-,57?,58+,59?/m0/s1. The molecule has 4 aromatic carbocycles. The molecule has 0 aromatic heterocycles. The van der Waals surface area contributed by atoms with Crippen LogP contribution in [-0.4, -0.2) is 104 Å². The van der Waals surface area contributed by atoms with E-state index in [0.29, 0.717) is 19.1 Å². The lowest BCUT2D eigenvalue weighted by atomic mass is 9.77. The number of fused-ring (bicyclic) bond motifs is 1. The molecule has 0 bridgehead atoms. The predicted molar refractivity (Wildman–Crippen MR) is 270 cm³/mol. The maximum Gasteiger partial charge on any atom is 0.306 e. The van der Waals surface area contributed by atoms with Gasteiger partial charge >= 0.3 is 5.97 Å². The van der Waals surface area contributed by atoms with Gasteiger partial charge in [-0.05, 0) is 48.8 Å². The van der Waals surface area contributed by atoms with Gasteiger partial charge in [-0.15, -0.1) is 6.58 Å². The average Bonchev–Trinajstić information content (AvgIpc) is 3.42. The lowest BCUT2D eigenvalue weighted by molar-refractivity contribution is -0.367. The van der Waals surface area contributed by atoms with E-state index in [9.17, 15) is 14.7 Å². The molecule has 14 nitrogen and oxygen atoms in total. The Morgan fingerprint density at radius 1 is 0.671 bits per heavy atom. The van der Waals surface area contributed by atoms with Crippen molar-refractivity contribution in [2.24, 2.45) is 17.8 Å². The molecule has 7 unspecified atom stereocenters. The van der Waals surface area contributed by atoms with E-state index in [1.807, 2.05) is 128 Å². The number of hydrogen-bond donors (Lipinski definition) is 2. The van der Waals surface area contributed by atoms with E-state index < -0.39 is 97.7 Å². The molecule has 2 N–H and O–H groups in total. The minimum Gasteiger partial charge on any atom is -0.481 e. The quantitative estimate of drug-likeness (QED) is 0.0762. The van der Waals surface area contributed by atoms with E-state index in [4.69, 9.17) is 47.4 Å². The van der Waals surface area contributed by atoms with E-state index in [1.165, 1.54) is 26.2 Å². The van der Waals surface area contributed by atoms with Crippen LogP contribution in [-0.2, 0) is 76.8 Å². The highest BCUT2D eigenvalue weighted by molar-refractivity contribution is 5.73. The van der Waals surface area contributed by atoms with Gasteiger partial charge < -0.3 is 57.8 Å². The Kier molecular flexibility index (Phi) is 18.9. The number of carboxylic acid groups (broad SMARTS) is 1. The Morgan fingerprint density at radius 2 is 1.26 bits per heavy atom. The van der Waals surface area contributed by atoms with Crippen molar-refractivity contribution in [2.75, 3.05) is 13.2 Å². The van der Waals surface area contributed by atoms with Crippen molar-refractivity contribution in [1.29, 1.82) is 0 Å². The second kappa shape index (κ2) is 26.1. The third-order valence-corrected chi connectivity index (χ3v) is 15.0. The molecular formula is C59H73NO13. The van der Waals surface area contributed by atoms with Gasteiger partial charge in [0.15, 0.2) is 18.9 Å². The molecule has 0 radical (unpaired) electrons. The van der Waals surface area contributed by atoms with Crippen LogP contribution in [0.2, 0.25) is 0 Å². The number of carbonyl (C=O) groups is 2. The molecule has 3 heterocycles. The summed E-state index contributed by atoms with van der Waals surface area (Å²) in [6, 6.07) is 38.6. The predicted octanol–water partition coefficient (Wildman–Crippen LogP) is 9.25. The summed E-state index contributed by atoms with van der Waals surface area (Å²) in [5.74, 6) is -2.06. The van der Waals surface area contributed by atoms with Crippen molar-refractivity contribution in [3.8, 4) is 0 Å². The minimum atomic E-state index is -1.13. The number of hydrogen-bond acceptors (Lipinski definition) is 12. The van der Waals surface area contributed by atoms with Gasteiger partial charge in [-0.3, -0.25) is 9.59 Å². The Labute approximate surface area is 429 Å². The van der Waals surface area contributed by atoms with Gasteiger partial charge in [0.2, 0.25) is 5.91 Å². The van der Waals surface area contributed by atoms with Crippen LogP contribution in [0.4, 0.5) is 0 Å². The zero-order chi connectivity index (χ0) is 50.5. The third kappa shape index (κ3) is 13.9. The molecule has 4 aromatic rings. The highest BCUT2D eigenvalue weighted by Crippen LogP contribution is 2.42. The van der Waals surface area contributed by atoms with Gasteiger partial charge in [0.25, 0.3) is 0 Å². The van der Waals surface area contributed by atoms with Crippen molar-refractivity contribution in [1.82, 2.24) is 5.32 Å². The van der Waals surface area contributed by atoms with Crippen LogP contribution in [0.1, 0.15) is 93.8 Å². The molecule has 0 spiro atoms. The maximum absolute atomic E-state index is 13.3. The highest BCUT2D eigenvalue weighted by atomic mass is 16.8. The fourth-order valence-electron chi connectivity index (χ4n) is 11.2. The van der Waals surface area contributed by atoms with Crippen molar-refractivity contribution < 1.29 is 62.1 Å². The van der Waals surface area contributed by atoms with Gasteiger partial charge in [0, 0.05) is 25.0 Å². The molecule has 392 valence electrons. The first-order valence-electron chi connectivity index (χ1n) is 26.3. The van der Waals surface area contributed by atoms with E-state index in [1.54, 1.807) is 6.08 Å². The number of amides is 1. The molecule has 14 heteroatoms. The van der Waals surface area contributed by atoms with Gasteiger partial charge in [0.1, 0.15) is 42.7 Å². The first-order valence-corrected chi connectivity index (χ1v) is 26.3. The summed E-state index contributed by atoms with van der Waals surface area (Å²) >= 11 is 0. The summed E-state index contributed by atoms with van der Waals surface area (Å²) in [5, 5.41) is 13.8. The van der Waals surface area contributed by atoms with Gasteiger partial charge in [-0.1, -0.05) is 160 Å². The summed E-state index contributed by atoms with van der Waals surface area (Å²) in [7, 11) is 0. The topological polar surface area (TPSA) is 159 Å². The van der Waals surface area contributed by atoms with E-state index in [2.05, 4.69) is 11.9 Å². The number of ether oxygens (including phenoxy) is 10. The van der Waals surface area contributed by atoms with Crippen LogP contribution >= 0.6 is 0 Å². The zero-order valence-corrected chi connectivity index (χ0v) is 42.1. The fraction of sp³-hybridized carbons (Fsp3) is 0.525. The second-order valence-corrected chi connectivity index (χ2v) is 20.2. The van der Waals surface area contributed by atoms with Crippen LogP contribution in [0.15, 0.2) is 134 Å². The SMILES string of the molecule is C=CC1CC(C(=O)O)C[C@@H](O[C@@H]2O[C@H]3COC(c4ccccc4)O[C@@H]3C(OCCC3CCCCC3)C2NC(C)=O)[C@@H]1OC1O[C@@H](C)[C@H](OCc2ccccc2)C(OCc2ccccc2)[C@@H]1OCc1ccccc1. The van der Waals surface area contributed by atoms with Crippen molar-refractivity contribution in [3.63, 3.8) is 0 Å². The first-order chi connectivity index (χ1) is 35.7. The maximum atomic E-state index is 13.3. The molecule has 2 aliphatic carbocycles. The summed E-state index contributed by atoms with van der Waals surface area (Å²) in [4.78, 5) is 26.3. The Bertz CT molecular complexity index is 2300. The number of aliphatic carboxylic acids is 1. The Hall–Kier alpha value is -4.84.